The lowest BCUT2D eigenvalue weighted by Gasteiger charge is -2.38. The molecule has 4 aromatic rings. The first-order chi connectivity index (χ1) is 38.6. The smallest absolute Gasteiger partial charge is 0.491 e. The lowest BCUT2D eigenvalue weighted by Crippen LogP contribution is -2.54. The monoisotopic (exact) mass is 1140 g/mol. The summed E-state index contributed by atoms with van der Waals surface area (Å²) in [5, 5.41) is 10.00. The number of fused-ring (bicyclic) bond motifs is 1. The highest BCUT2D eigenvalue weighted by molar-refractivity contribution is 6.77. The summed E-state index contributed by atoms with van der Waals surface area (Å²) >= 11 is 0. The summed E-state index contributed by atoms with van der Waals surface area (Å²) in [6.07, 6.45) is 20.3. The van der Waals surface area contributed by atoms with Crippen LogP contribution in [0.4, 0.5) is 0 Å². The summed E-state index contributed by atoms with van der Waals surface area (Å²) in [6.45, 7) is 7.17. The van der Waals surface area contributed by atoms with E-state index in [0.717, 1.165) is 73.9 Å². The van der Waals surface area contributed by atoms with Gasteiger partial charge in [0.1, 0.15) is 23.0 Å². The van der Waals surface area contributed by atoms with Gasteiger partial charge in [0.25, 0.3) is 0 Å². The topological polar surface area (TPSA) is 193 Å². The zero-order chi connectivity index (χ0) is 57.9. The van der Waals surface area contributed by atoms with Gasteiger partial charge in [-0.15, -0.1) is 0 Å². The molecule has 0 bridgehead atoms. The minimum Gasteiger partial charge on any atom is -0.497 e. The van der Waals surface area contributed by atoms with Gasteiger partial charge < -0.3 is 55.7 Å². The van der Waals surface area contributed by atoms with Crippen LogP contribution in [0.3, 0.4) is 0 Å². The predicted octanol–water partition coefficient (Wildman–Crippen LogP) is 12.2. The van der Waals surface area contributed by atoms with Gasteiger partial charge in [0.05, 0.1) is 57.4 Å². The number of methoxy groups -OCH3 is 3. The number of aliphatic hydroxyl groups excluding tert-OH is 1. The standard InChI is InChI=1S/C23H26O5.C21H42O6Si2.C18H16O5/c1-3-4-5-6-17-27-20-14-10-19(11-15-20)23(25)28-21-12-7-18(8-13-21)9-16-22(24)26-2;1-16-14-17(6-8-19(16)22)10-12-28(5,23-2)27-29(24-3,25-4)13-11-18-7-9-20-21(15-18)26-20;1-21-15-10-6-14(7-11-15)18(20)23-16-8-3-13(4-9-16)5-12-17(19)22-2/h7-16H,3-6,17H2,1-2H3;16-22H,6-15H2,1-5H3;3-12H,1-2H3. The molecule has 16 nitrogen and oxygen atoms in total. The van der Waals surface area contributed by atoms with Gasteiger partial charge in [0.15, 0.2) is 0 Å². The normalized spacial score (nSPS) is 20.1. The van der Waals surface area contributed by atoms with Gasteiger partial charge in [-0.1, -0.05) is 57.4 Å². The second-order valence-electron chi connectivity index (χ2n) is 20.5. The van der Waals surface area contributed by atoms with Gasteiger partial charge in [0, 0.05) is 39.5 Å². The molecule has 1 N–H and O–H groups in total. The molecule has 7 unspecified atom stereocenters. The number of hydrogen-bond acceptors (Lipinski definition) is 16. The van der Waals surface area contributed by atoms with E-state index in [1.807, 2.05) is 0 Å². The van der Waals surface area contributed by atoms with Crippen molar-refractivity contribution in [1.82, 2.24) is 0 Å². The highest BCUT2D eigenvalue weighted by Crippen LogP contribution is 2.42. The van der Waals surface area contributed by atoms with Crippen molar-refractivity contribution < 1.29 is 74.8 Å². The molecule has 0 aromatic heterocycles. The number of hydrogen-bond donors (Lipinski definition) is 1. The molecule has 3 aliphatic rings. The maximum absolute atomic E-state index is 12.3. The number of carbonyl (C=O) groups is 4. The number of unbranched alkanes of at least 4 members (excludes halogenated alkanes) is 3. The van der Waals surface area contributed by atoms with Crippen LogP contribution in [0.25, 0.3) is 12.2 Å². The molecule has 18 heteroatoms. The number of aliphatic hydroxyl groups is 1. The Morgan fingerprint density at radius 2 is 1.09 bits per heavy atom. The molecule has 2 saturated carbocycles. The SMILES string of the molecule is CCCCCCOc1ccc(C(=O)Oc2ccc(C=CC(=O)OC)cc2)cc1.COC(=O)C=Cc1ccc(OC(=O)c2ccc(OC)cc2)cc1.CO[Si](C)(CCC1CCC(O)C(C)C1)O[Si](CCC1CCC2OC2C1)(OC)OC. The maximum Gasteiger partial charge on any atom is 0.491 e. The van der Waals surface area contributed by atoms with Crippen LogP contribution in [0, 0.1) is 17.8 Å². The largest absolute Gasteiger partial charge is 0.497 e. The minimum absolute atomic E-state index is 0.133. The van der Waals surface area contributed by atoms with E-state index in [4.69, 9.17) is 41.1 Å². The molecule has 7 atom stereocenters. The van der Waals surface area contributed by atoms with Crippen molar-refractivity contribution in [2.24, 2.45) is 17.8 Å². The molecule has 7 rings (SSSR count). The Kier molecular flexibility index (Phi) is 27.3. The number of benzene rings is 4. The zero-order valence-electron chi connectivity index (χ0n) is 48.2. The zero-order valence-corrected chi connectivity index (χ0v) is 50.2. The van der Waals surface area contributed by atoms with Crippen LogP contribution < -0.4 is 18.9 Å². The first-order valence-corrected chi connectivity index (χ1v) is 32.2. The van der Waals surface area contributed by atoms with Crippen molar-refractivity contribution in [1.29, 1.82) is 0 Å². The molecular weight excluding hydrogens is 1060 g/mol. The van der Waals surface area contributed by atoms with E-state index in [1.54, 1.807) is 138 Å². The minimum atomic E-state index is -2.75. The number of carbonyl (C=O) groups excluding carboxylic acids is 4. The van der Waals surface area contributed by atoms with Crippen molar-refractivity contribution in [2.45, 2.75) is 128 Å². The third-order valence-corrected chi connectivity index (χ3v) is 21.9. The molecule has 0 amide bonds. The summed E-state index contributed by atoms with van der Waals surface area (Å²) < 4.78 is 60.6. The van der Waals surface area contributed by atoms with E-state index in [9.17, 15) is 24.3 Å². The van der Waals surface area contributed by atoms with Crippen LogP contribution in [0.1, 0.15) is 123 Å². The van der Waals surface area contributed by atoms with Gasteiger partial charge in [-0.3, -0.25) is 0 Å². The molecule has 0 spiro atoms. The third-order valence-electron chi connectivity index (χ3n) is 14.7. The van der Waals surface area contributed by atoms with Crippen molar-refractivity contribution in [3.05, 3.63) is 131 Å². The molecule has 1 heterocycles. The first-order valence-electron chi connectivity index (χ1n) is 27.8. The molecule has 1 aliphatic heterocycles. The summed E-state index contributed by atoms with van der Waals surface area (Å²) in [7, 11) is 4.28. The van der Waals surface area contributed by atoms with Crippen molar-refractivity contribution >= 4 is 53.4 Å². The number of rotatable bonds is 26. The van der Waals surface area contributed by atoms with E-state index in [-0.39, 0.29) is 6.10 Å². The first kappa shape index (κ1) is 64.9. The lowest BCUT2D eigenvalue weighted by molar-refractivity contribution is -0.135. The van der Waals surface area contributed by atoms with Crippen LogP contribution in [0.5, 0.6) is 23.0 Å². The van der Waals surface area contributed by atoms with Gasteiger partial charge >= 0.3 is 41.2 Å². The van der Waals surface area contributed by atoms with Gasteiger partial charge in [0.2, 0.25) is 0 Å². The summed E-state index contributed by atoms with van der Waals surface area (Å²) in [6, 6.07) is 29.0. The van der Waals surface area contributed by atoms with Crippen LogP contribution in [-0.2, 0) is 41.2 Å². The van der Waals surface area contributed by atoms with Gasteiger partial charge in [-0.2, -0.15) is 0 Å². The van der Waals surface area contributed by atoms with E-state index in [0.29, 0.717) is 64.9 Å². The van der Waals surface area contributed by atoms with Crippen LogP contribution >= 0.6 is 0 Å². The molecule has 2 aliphatic carbocycles. The average Bonchev–Trinajstić information content (AvgIpc) is 4.28. The third kappa shape index (κ3) is 22.2. The van der Waals surface area contributed by atoms with E-state index < -0.39 is 41.2 Å². The Bertz CT molecular complexity index is 2550. The fourth-order valence-corrected chi connectivity index (χ4v) is 16.4. The van der Waals surface area contributed by atoms with Crippen LogP contribution in [-0.4, -0.2) is 114 Å². The van der Waals surface area contributed by atoms with Crippen molar-refractivity contribution in [2.75, 3.05) is 49.3 Å². The highest BCUT2D eigenvalue weighted by atomic mass is 28.5. The maximum atomic E-state index is 12.3. The number of ether oxygens (including phenoxy) is 7. The van der Waals surface area contributed by atoms with Gasteiger partial charge in [-0.05, 0) is 184 Å². The lowest BCUT2D eigenvalue weighted by atomic mass is 9.79. The molecular formula is C62H84O16Si2. The quantitative estimate of drug-likeness (QED) is 0.0156. The van der Waals surface area contributed by atoms with E-state index in [1.165, 1.54) is 58.5 Å². The van der Waals surface area contributed by atoms with E-state index >= 15 is 0 Å². The second-order valence-corrected chi connectivity index (χ2v) is 27.2. The Hall–Kier alpha value is -5.97. The summed E-state index contributed by atoms with van der Waals surface area (Å²) in [5.74, 6) is 2.23. The fraction of sp³-hybridized carbons (Fsp3) is 0.484. The van der Waals surface area contributed by atoms with Crippen LogP contribution in [0.2, 0.25) is 18.6 Å². The molecule has 1 saturated heterocycles. The predicted molar refractivity (Wildman–Crippen MR) is 311 cm³/mol. The summed E-state index contributed by atoms with van der Waals surface area (Å²) in [5.41, 5.74) is 2.47. The highest BCUT2D eigenvalue weighted by Gasteiger charge is 2.49. The van der Waals surface area contributed by atoms with E-state index in [2.05, 4.69) is 29.9 Å². The number of esters is 4. The molecule has 4 aromatic carbocycles. The Morgan fingerprint density at radius 3 is 1.56 bits per heavy atom. The van der Waals surface area contributed by atoms with Gasteiger partial charge in [-0.25, -0.2) is 19.2 Å². The Labute approximate surface area is 475 Å². The molecule has 80 heavy (non-hydrogen) atoms. The average molecular weight is 1140 g/mol. The van der Waals surface area contributed by atoms with Crippen molar-refractivity contribution in [3.8, 4) is 23.0 Å². The molecule has 0 radical (unpaired) electrons. The number of epoxide rings is 1. The molecule has 436 valence electrons. The van der Waals surface area contributed by atoms with Crippen molar-refractivity contribution in [3.63, 3.8) is 0 Å². The molecule has 3 fully saturated rings. The fourth-order valence-electron chi connectivity index (χ4n) is 9.52. The Morgan fingerprint density at radius 1 is 0.588 bits per heavy atom. The Balaban J connectivity index is 0.000000222. The second kappa shape index (κ2) is 33.7. The summed E-state index contributed by atoms with van der Waals surface area (Å²) in [4.78, 5) is 46.4. The van der Waals surface area contributed by atoms with Crippen LogP contribution in [0.15, 0.2) is 109 Å².